The topological polar surface area (TPSA) is 132 Å². The van der Waals surface area contributed by atoms with Gasteiger partial charge in [0, 0.05) is 22.3 Å². The highest BCUT2D eigenvalue weighted by atomic mass is 16.6. The molecule has 0 radical (unpaired) electrons. The Labute approximate surface area is 394 Å². The third-order valence-corrected chi connectivity index (χ3v) is 12.6. The molecular weight excluding hydrogens is 833 g/mol. The van der Waals surface area contributed by atoms with E-state index < -0.39 is 34.3 Å². The van der Waals surface area contributed by atoms with Crippen molar-refractivity contribution in [3.8, 4) is 0 Å². The van der Waals surface area contributed by atoms with Crippen molar-refractivity contribution in [3.63, 3.8) is 0 Å². The summed E-state index contributed by atoms with van der Waals surface area (Å²) < 4.78 is 27.0. The van der Waals surface area contributed by atoms with E-state index in [1.807, 2.05) is 30.3 Å². The number of fused-ring (bicyclic) bond motifs is 1. The molecule has 0 heterocycles. The zero-order valence-corrected chi connectivity index (χ0v) is 40.4. The summed E-state index contributed by atoms with van der Waals surface area (Å²) in [6, 6.07) is 18.3. The van der Waals surface area contributed by atoms with Gasteiger partial charge in [-0.05, 0) is 153 Å². The second-order valence-electron chi connectivity index (χ2n) is 18.1. The van der Waals surface area contributed by atoms with Gasteiger partial charge in [-0.25, -0.2) is 24.0 Å². The second kappa shape index (κ2) is 25.8. The Hall–Kier alpha value is -5.77. The highest BCUT2D eigenvalue weighted by molar-refractivity contribution is 5.89. The standard InChI is InChI=1S/C16H20O2.C15H18O2.C13H18O4.C12H18O2/c1-13(2)15(17)18-16(11-7-4-8-12-16)14-9-5-3-6-10-14;1-4-15(17-14(16)11(2)3)10-9-12-7-5-6-8-13(12)15;1-4-13(7-5-6-8-13)17-11(14)9-16-12(15)10(2)3;1-4-12(8-6-5-7-9-12)14-11(13)10(2)3/h3,5-6,9-10H,1,4,7-8,11-12H2,2H3;5-8H,2,4,9-10H2,1,3H3;4H,1-2,5-9H2,3H3;4H,1-2,5-9H2,3H3. The van der Waals surface area contributed by atoms with Crippen molar-refractivity contribution in [2.45, 2.75) is 166 Å². The number of carbonyl (C=O) groups excluding carboxylic acids is 5. The molecule has 0 bridgehead atoms. The lowest BCUT2D eigenvalue weighted by atomic mass is 9.79. The normalized spacial score (nSPS) is 19.2. The maximum absolute atomic E-state index is 11.9. The van der Waals surface area contributed by atoms with Crippen LogP contribution in [0.15, 0.2) is 129 Å². The van der Waals surface area contributed by atoms with Crippen molar-refractivity contribution in [2.24, 2.45) is 0 Å². The number of ether oxygens (including phenoxy) is 5. The SMILES string of the molecule is C=C(C)C(=O)OC1(CC)CCc2ccccc21.C=C(C)C(=O)OC1(c2ccccc2)CCCCC1.C=CC1(OC(=O)C(=C)C)CCCCC1.C=CC1(OC(=O)COC(=O)C(=C)C)CCCC1. The summed E-state index contributed by atoms with van der Waals surface area (Å²) in [5.74, 6) is -1.99. The van der Waals surface area contributed by atoms with Gasteiger partial charge in [0.1, 0.15) is 22.4 Å². The van der Waals surface area contributed by atoms with Crippen molar-refractivity contribution >= 4 is 29.8 Å². The van der Waals surface area contributed by atoms with Crippen molar-refractivity contribution in [2.75, 3.05) is 6.61 Å². The van der Waals surface area contributed by atoms with Crippen LogP contribution in [0.2, 0.25) is 0 Å². The largest absolute Gasteiger partial charge is 0.452 e. The fraction of sp³-hybridized carbons (Fsp3) is 0.482. The first kappa shape index (κ1) is 54.6. The van der Waals surface area contributed by atoms with Gasteiger partial charge in [-0.3, -0.25) is 0 Å². The summed E-state index contributed by atoms with van der Waals surface area (Å²) in [4.78, 5) is 57.6. The number of carbonyl (C=O) groups is 5. The van der Waals surface area contributed by atoms with E-state index in [0.717, 1.165) is 107 Å². The summed E-state index contributed by atoms with van der Waals surface area (Å²) in [5, 5.41) is 0. The highest BCUT2D eigenvalue weighted by Gasteiger charge is 2.41. The summed E-state index contributed by atoms with van der Waals surface area (Å²) in [5.41, 5.74) is 3.36. The van der Waals surface area contributed by atoms with Crippen LogP contribution in [0, 0.1) is 0 Å². The Bertz CT molecular complexity index is 2060. The Morgan fingerprint density at radius 3 is 1.47 bits per heavy atom. The van der Waals surface area contributed by atoms with E-state index >= 15 is 0 Å². The Balaban J connectivity index is 0.000000234. The molecule has 2 aromatic carbocycles. The molecule has 0 N–H and O–H groups in total. The molecule has 66 heavy (non-hydrogen) atoms. The van der Waals surface area contributed by atoms with E-state index in [-0.39, 0.29) is 30.1 Å². The molecule has 0 saturated heterocycles. The minimum atomic E-state index is -0.582. The van der Waals surface area contributed by atoms with Gasteiger partial charge in [0.05, 0.1) is 0 Å². The van der Waals surface area contributed by atoms with Gasteiger partial charge in [-0.1, -0.05) is 114 Å². The maximum Gasteiger partial charge on any atom is 0.345 e. The number of rotatable bonds is 14. The van der Waals surface area contributed by atoms with Crippen LogP contribution < -0.4 is 0 Å². The second-order valence-corrected chi connectivity index (χ2v) is 18.1. The highest BCUT2D eigenvalue weighted by Crippen LogP contribution is 2.43. The molecule has 4 aliphatic rings. The number of esters is 5. The lowest BCUT2D eigenvalue weighted by Crippen LogP contribution is -2.35. The van der Waals surface area contributed by atoms with E-state index in [2.05, 4.69) is 70.7 Å². The van der Waals surface area contributed by atoms with E-state index in [0.29, 0.717) is 16.7 Å². The zero-order valence-electron chi connectivity index (χ0n) is 40.4. The van der Waals surface area contributed by atoms with Crippen LogP contribution in [-0.4, -0.2) is 47.7 Å². The lowest BCUT2D eigenvalue weighted by Gasteiger charge is -2.37. The summed E-state index contributed by atoms with van der Waals surface area (Å²) >= 11 is 0. The third-order valence-electron chi connectivity index (χ3n) is 12.6. The fourth-order valence-electron chi connectivity index (χ4n) is 8.64. The minimum absolute atomic E-state index is 0.261. The molecule has 3 fully saturated rings. The number of hydrogen-bond donors (Lipinski definition) is 0. The lowest BCUT2D eigenvalue weighted by molar-refractivity contribution is -0.164. The first-order valence-corrected chi connectivity index (χ1v) is 23.4. The van der Waals surface area contributed by atoms with Crippen LogP contribution in [0.1, 0.15) is 154 Å². The van der Waals surface area contributed by atoms with E-state index in [1.54, 1.807) is 32.9 Å². The van der Waals surface area contributed by atoms with E-state index in [9.17, 15) is 24.0 Å². The quantitative estimate of drug-likeness (QED) is 0.0781. The van der Waals surface area contributed by atoms with Crippen molar-refractivity contribution < 1.29 is 47.7 Å². The van der Waals surface area contributed by atoms with E-state index in [1.165, 1.54) is 25.3 Å². The molecule has 6 rings (SSSR count). The van der Waals surface area contributed by atoms with Crippen molar-refractivity contribution in [3.05, 3.63) is 145 Å². The van der Waals surface area contributed by atoms with Crippen LogP contribution in [0.25, 0.3) is 0 Å². The number of aryl methyl sites for hydroxylation is 1. The van der Waals surface area contributed by atoms with Crippen LogP contribution in [0.3, 0.4) is 0 Å². The first-order valence-electron chi connectivity index (χ1n) is 23.4. The van der Waals surface area contributed by atoms with Crippen molar-refractivity contribution in [1.29, 1.82) is 0 Å². The molecule has 10 nitrogen and oxygen atoms in total. The Kier molecular flexibility index (Phi) is 21.3. The molecule has 4 aliphatic carbocycles. The molecule has 2 aromatic rings. The maximum atomic E-state index is 11.9. The molecule has 1 unspecified atom stereocenters. The van der Waals surface area contributed by atoms with Crippen molar-refractivity contribution in [1.82, 2.24) is 0 Å². The molecule has 0 amide bonds. The zero-order chi connectivity index (χ0) is 49.0. The Morgan fingerprint density at radius 1 is 0.530 bits per heavy atom. The van der Waals surface area contributed by atoms with Gasteiger partial charge in [-0.2, -0.15) is 0 Å². The Morgan fingerprint density at radius 2 is 0.970 bits per heavy atom. The monoisotopic (exact) mass is 907 g/mol. The van der Waals surface area contributed by atoms with Crippen LogP contribution in [0.4, 0.5) is 0 Å². The fourth-order valence-corrected chi connectivity index (χ4v) is 8.64. The third kappa shape index (κ3) is 15.7. The molecule has 0 aromatic heterocycles. The predicted octanol–water partition coefficient (Wildman–Crippen LogP) is 12.5. The molecular formula is C56H74O10. The number of hydrogen-bond acceptors (Lipinski definition) is 10. The molecule has 10 heteroatoms. The van der Waals surface area contributed by atoms with Gasteiger partial charge < -0.3 is 23.7 Å². The average molecular weight is 907 g/mol. The summed E-state index contributed by atoms with van der Waals surface area (Å²) in [6.07, 6.45) is 20.2. The molecule has 0 aliphatic heterocycles. The first-order chi connectivity index (χ1) is 31.3. The van der Waals surface area contributed by atoms with Gasteiger partial charge >= 0.3 is 29.8 Å². The molecule has 358 valence electrons. The predicted molar refractivity (Wildman–Crippen MR) is 260 cm³/mol. The van der Waals surface area contributed by atoms with Crippen LogP contribution >= 0.6 is 0 Å². The van der Waals surface area contributed by atoms with Gasteiger partial charge in [0.2, 0.25) is 0 Å². The minimum Gasteiger partial charge on any atom is -0.452 e. The van der Waals surface area contributed by atoms with Crippen LogP contribution in [-0.2, 0) is 65.3 Å². The number of benzene rings is 2. The molecule has 3 saturated carbocycles. The van der Waals surface area contributed by atoms with Gasteiger partial charge in [0.15, 0.2) is 6.61 Å². The smallest absolute Gasteiger partial charge is 0.345 e. The summed E-state index contributed by atoms with van der Waals surface area (Å²) in [7, 11) is 0. The molecule has 0 spiro atoms. The summed E-state index contributed by atoms with van der Waals surface area (Å²) in [6.45, 7) is 30.0. The van der Waals surface area contributed by atoms with Gasteiger partial charge in [0.25, 0.3) is 0 Å². The van der Waals surface area contributed by atoms with E-state index in [4.69, 9.17) is 23.7 Å². The molecule has 1 atom stereocenters. The van der Waals surface area contributed by atoms with Crippen LogP contribution in [0.5, 0.6) is 0 Å². The average Bonchev–Trinajstić information content (AvgIpc) is 3.94. The van der Waals surface area contributed by atoms with Gasteiger partial charge in [-0.15, -0.1) is 0 Å².